The second-order valence-corrected chi connectivity index (χ2v) is 6.53. The monoisotopic (exact) mass is 330 g/mol. The normalized spacial score (nSPS) is 23.0. The molecule has 2 saturated heterocycles. The van der Waals surface area contributed by atoms with Gasteiger partial charge in [0.15, 0.2) is 0 Å². The number of hydrogen-bond donors (Lipinski definition) is 0. The van der Waals surface area contributed by atoms with E-state index in [0.29, 0.717) is 11.7 Å². The van der Waals surface area contributed by atoms with E-state index >= 15 is 0 Å². The van der Waals surface area contributed by atoms with Crippen LogP contribution in [0.1, 0.15) is 12.1 Å². The minimum atomic E-state index is -0.249. The second-order valence-electron chi connectivity index (χ2n) is 6.53. The van der Waals surface area contributed by atoms with Gasteiger partial charge >= 0.3 is 0 Å². The summed E-state index contributed by atoms with van der Waals surface area (Å²) in [4.78, 5) is 4.98. The van der Waals surface area contributed by atoms with Gasteiger partial charge in [-0.05, 0) is 24.6 Å². The maximum atomic E-state index is 13.9. The molecule has 3 heterocycles. The Bertz CT molecular complexity index is 683. The highest BCUT2D eigenvalue weighted by atomic mass is 19.1. The molecule has 5 nitrogen and oxygen atoms in total. The smallest absolute Gasteiger partial charge is 0.148 e. The quantitative estimate of drug-likeness (QED) is 0.858. The lowest BCUT2D eigenvalue weighted by atomic mass is 10.2. The number of ether oxygens (including phenoxy) is 1. The third kappa shape index (κ3) is 3.36. The Labute approximate surface area is 141 Å². The van der Waals surface area contributed by atoms with Gasteiger partial charge < -0.3 is 4.74 Å². The van der Waals surface area contributed by atoms with Gasteiger partial charge in [0, 0.05) is 45.0 Å². The fourth-order valence-electron chi connectivity index (χ4n) is 3.64. The van der Waals surface area contributed by atoms with Crippen molar-refractivity contribution in [1.82, 2.24) is 19.6 Å². The fourth-order valence-corrected chi connectivity index (χ4v) is 3.64. The summed E-state index contributed by atoms with van der Waals surface area (Å²) in [5.74, 6) is -0.249. The lowest BCUT2D eigenvalue weighted by Gasteiger charge is -2.32. The third-order valence-corrected chi connectivity index (χ3v) is 4.94. The van der Waals surface area contributed by atoms with Crippen LogP contribution in [0.4, 0.5) is 4.39 Å². The van der Waals surface area contributed by atoms with Crippen molar-refractivity contribution in [1.29, 1.82) is 0 Å². The molecule has 0 radical (unpaired) electrons. The molecular formula is C18H23FN4O. The Morgan fingerprint density at radius 1 is 1.12 bits per heavy atom. The minimum absolute atomic E-state index is 0.249. The van der Waals surface area contributed by atoms with Gasteiger partial charge in [-0.25, -0.2) is 9.07 Å². The SMILES string of the molecule is Fc1ccccc1-n1ccc(CN2CC[C@H](N3CCOCC3)C2)n1. The third-order valence-electron chi connectivity index (χ3n) is 4.94. The van der Waals surface area contributed by atoms with E-state index in [1.54, 1.807) is 16.8 Å². The molecule has 1 atom stereocenters. The molecule has 1 aromatic carbocycles. The number of halogens is 1. The van der Waals surface area contributed by atoms with Gasteiger partial charge in [0.25, 0.3) is 0 Å². The molecule has 0 bridgehead atoms. The summed E-state index contributed by atoms with van der Waals surface area (Å²) in [5.41, 5.74) is 1.48. The zero-order valence-electron chi connectivity index (χ0n) is 13.8. The summed E-state index contributed by atoms with van der Waals surface area (Å²) in [5, 5.41) is 4.54. The van der Waals surface area contributed by atoms with Gasteiger partial charge in [-0.1, -0.05) is 12.1 Å². The van der Waals surface area contributed by atoms with E-state index in [-0.39, 0.29) is 5.82 Å². The number of aromatic nitrogens is 2. The van der Waals surface area contributed by atoms with Crippen LogP contribution in [0.2, 0.25) is 0 Å². The molecule has 128 valence electrons. The van der Waals surface area contributed by atoms with Gasteiger partial charge in [-0.15, -0.1) is 0 Å². The fraction of sp³-hybridized carbons (Fsp3) is 0.500. The van der Waals surface area contributed by atoms with Crippen LogP contribution in [0.15, 0.2) is 36.5 Å². The van der Waals surface area contributed by atoms with Crippen LogP contribution in [0, 0.1) is 5.82 Å². The maximum Gasteiger partial charge on any atom is 0.148 e. The van der Waals surface area contributed by atoms with Crippen LogP contribution in [0.5, 0.6) is 0 Å². The highest BCUT2D eigenvalue weighted by Crippen LogP contribution is 2.19. The van der Waals surface area contributed by atoms with Gasteiger partial charge in [0.2, 0.25) is 0 Å². The standard InChI is InChI=1S/C18H23FN4O/c19-17-3-1-2-4-18(17)23-8-5-15(20-23)13-21-7-6-16(14-21)22-9-11-24-12-10-22/h1-5,8,16H,6-7,9-14H2/t16-/m0/s1. The predicted molar refractivity (Wildman–Crippen MR) is 89.6 cm³/mol. The second kappa shape index (κ2) is 7.01. The van der Waals surface area contributed by atoms with Crippen molar-refractivity contribution >= 4 is 0 Å². The van der Waals surface area contributed by atoms with Crippen molar-refractivity contribution in [3.05, 3.63) is 48.0 Å². The van der Waals surface area contributed by atoms with Gasteiger partial charge in [-0.2, -0.15) is 5.10 Å². The van der Waals surface area contributed by atoms with Crippen LogP contribution in [0.3, 0.4) is 0 Å². The molecule has 2 aromatic rings. The molecule has 2 fully saturated rings. The number of para-hydroxylation sites is 1. The van der Waals surface area contributed by atoms with Crippen LogP contribution in [0.25, 0.3) is 5.69 Å². The first kappa shape index (κ1) is 15.7. The van der Waals surface area contributed by atoms with Gasteiger partial charge in [0.05, 0.1) is 18.9 Å². The van der Waals surface area contributed by atoms with Crippen LogP contribution in [-0.2, 0) is 11.3 Å². The van der Waals surface area contributed by atoms with Crippen molar-refractivity contribution in [2.24, 2.45) is 0 Å². The lowest BCUT2D eigenvalue weighted by Crippen LogP contribution is -2.44. The number of rotatable bonds is 4. The molecule has 0 amide bonds. The summed E-state index contributed by atoms with van der Waals surface area (Å²) < 4.78 is 20.9. The summed E-state index contributed by atoms with van der Waals surface area (Å²) in [6.45, 7) is 6.78. The Kier molecular flexibility index (Phi) is 4.60. The van der Waals surface area contributed by atoms with E-state index in [4.69, 9.17) is 4.74 Å². The van der Waals surface area contributed by atoms with E-state index in [0.717, 1.165) is 51.6 Å². The summed E-state index contributed by atoms with van der Waals surface area (Å²) in [6.07, 6.45) is 3.04. The van der Waals surface area contributed by atoms with E-state index in [1.807, 2.05) is 18.3 Å². The van der Waals surface area contributed by atoms with E-state index < -0.39 is 0 Å². The Morgan fingerprint density at radius 2 is 1.96 bits per heavy atom. The van der Waals surface area contributed by atoms with Crippen molar-refractivity contribution in [2.45, 2.75) is 19.0 Å². The molecule has 24 heavy (non-hydrogen) atoms. The molecule has 0 spiro atoms. The molecule has 4 rings (SSSR count). The first-order chi connectivity index (χ1) is 11.8. The Balaban J connectivity index is 1.37. The number of hydrogen-bond acceptors (Lipinski definition) is 4. The molecule has 0 unspecified atom stereocenters. The molecule has 0 aliphatic carbocycles. The number of likely N-dealkylation sites (tertiary alicyclic amines) is 1. The van der Waals surface area contributed by atoms with Crippen molar-refractivity contribution in [3.8, 4) is 5.69 Å². The number of benzene rings is 1. The van der Waals surface area contributed by atoms with Gasteiger partial charge in [0.1, 0.15) is 11.5 Å². The summed E-state index contributed by atoms with van der Waals surface area (Å²) in [7, 11) is 0. The molecule has 1 aromatic heterocycles. The average Bonchev–Trinajstić information content (AvgIpc) is 3.26. The van der Waals surface area contributed by atoms with Crippen molar-refractivity contribution in [3.63, 3.8) is 0 Å². The lowest BCUT2D eigenvalue weighted by molar-refractivity contribution is 0.0183. The van der Waals surface area contributed by atoms with Crippen LogP contribution >= 0.6 is 0 Å². The first-order valence-corrected chi connectivity index (χ1v) is 8.63. The molecule has 2 aliphatic heterocycles. The number of morpholine rings is 1. The summed E-state index contributed by atoms with van der Waals surface area (Å²) >= 11 is 0. The zero-order chi connectivity index (χ0) is 16.4. The molecular weight excluding hydrogens is 307 g/mol. The molecule has 0 saturated carbocycles. The van der Waals surface area contributed by atoms with Gasteiger partial charge in [-0.3, -0.25) is 9.80 Å². The molecule has 2 aliphatic rings. The highest BCUT2D eigenvalue weighted by molar-refractivity contribution is 5.32. The van der Waals surface area contributed by atoms with E-state index in [1.165, 1.54) is 12.5 Å². The van der Waals surface area contributed by atoms with E-state index in [9.17, 15) is 4.39 Å². The Morgan fingerprint density at radius 3 is 2.79 bits per heavy atom. The zero-order valence-corrected chi connectivity index (χ0v) is 13.8. The van der Waals surface area contributed by atoms with Crippen LogP contribution < -0.4 is 0 Å². The minimum Gasteiger partial charge on any atom is -0.379 e. The highest BCUT2D eigenvalue weighted by Gasteiger charge is 2.28. The predicted octanol–water partition coefficient (Wildman–Crippen LogP) is 1.92. The largest absolute Gasteiger partial charge is 0.379 e. The van der Waals surface area contributed by atoms with Crippen LogP contribution in [-0.4, -0.2) is 65.0 Å². The first-order valence-electron chi connectivity index (χ1n) is 8.63. The average molecular weight is 330 g/mol. The Hall–Kier alpha value is -1.76. The molecule has 6 heteroatoms. The van der Waals surface area contributed by atoms with Crippen molar-refractivity contribution < 1.29 is 9.13 Å². The van der Waals surface area contributed by atoms with Crippen molar-refractivity contribution in [2.75, 3.05) is 39.4 Å². The molecule has 0 N–H and O–H groups in total. The summed E-state index contributed by atoms with van der Waals surface area (Å²) in [6, 6.07) is 9.34. The topological polar surface area (TPSA) is 33.5 Å². The van der Waals surface area contributed by atoms with E-state index in [2.05, 4.69) is 14.9 Å². The maximum absolute atomic E-state index is 13.9. The number of nitrogens with zero attached hydrogens (tertiary/aromatic N) is 4.